The summed E-state index contributed by atoms with van der Waals surface area (Å²) < 4.78 is 10.2. The predicted octanol–water partition coefficient (Wildman–Crippen LogP) is 2.86. The average molecular weight is 410 g/mol. The second-order valence-electron chi connectivity index (χ2n) is 6.34. The summed E-state index contributed by atoms with van der Waals surface area (Å²) in [6.45, 7) is 0. The Morgan fingerprint density at radius 1 is 0.733 bits per heavy atom. The first-order chi connectivity index (χ1) is 14.6. The van der Waals surface area contributed by atoms with Gasteiger partial charge in [-0.1, -0.05) is 0 Å². The standard InChI is InChI=1S/C22H26N4O4/c1-29-19-11-7-17(8-12-19)15-23-25-21(27)5-3-4-6-22(28)26-24-16-18-9-13-20(30-2)14-10-18/h7-16H,3-6H2,1-2H3,(H,25,27)(H,26,28)/b23-15-,24-16+. The summed E-state index contributed by atoms with van der Waals surface area (Å²) in [5.41, 5.74) is 6.65. The van der Waals surface area contributed by atoms with Crippen LogP contribution < -0.4 is 20.3 Å². The lowest BCUT2D eigenvalue weighted by molar-refractivity contribution is -0.123. The maximum atomic E-state index is 11.8. The molecular formula is C22H26N4O4. The zero-order chi connectivity index (χ0) is 21.6. The Labute approximate surface area is 176 Å². The van der Waals surface area contributed by atoms with Gasteiger partial charge in [-0.25, -0.2) is 10.9 Å². The second kappa shape index (κ2) is 12.7. The molecule has 2 N–H and O–H groups in total. The molecule has 8 nitrogen and oxygen atoms in total. The Morgan fingerprint density at radius 3 is 1.43 bits per heavy atom. The number of methoxy groups -OCH3 is 2. The zero-order valence-electron chi connectivity index (χ0n) is 17.1. The molecule has 0 saturated carbocycles. The highest BCUT2D eigenvalue weighted by Crippen LogP contribution is 2.10. The van der Waals surface area contributed by atoms with Gasteiger partial charge in [0.1, 0.15) is 11.5 Å². The van der Waals surface area contributed by atoms with Crippen molar-refractivity contribution in [2.75, 3.05) is 14.2 Å². The molecule has 2 aromatic rings. The van der Waals surface area contributed by atoms with Crippen molar-refractivity contribution >= 4 is 24.2 Å². The molecule has 0 heterocycles. The molecular weight excluding hydrogens is 384 g/mol. The van der Waals surface area contributed by atoms with E-state index in [1.54, 1.807) is 26.6 Å². The van der Waals surface area contributed by atoms with E-state index < -0.39 is 0 Å². The highest BCUT2D eigenvalue weighted by atomic mass is 16.5. The van der Waals surface area contributed by atoms with Crippen LogP contribution in [0.3, 0.4) is 0 Å². The van der Waals surface area contributed by atoms with Crippen LogP contribution in [-0.2, 0) is 9.59 Å². The maximum absolute atomic E-state index is 11.8. The summed E-state index contributed by atoms with van der Waals surface area (Å²) in [5.74, 6) is 1.12. The van der Waals surface area contributed by atoms with Crippen molar-refractivity contribution in [1.82, 2.24) is 10.9 Å². The van der Waals surface area contributed by atoms with Crippen LogP contribution in [-0.4, -0.2) is 38.5 Å². The van der Waals surface area contributed by atoms with Crippen LogP contribution in [0, 0.1) is 0 Å². The third-order valence-electron chi connectivity index (χ3n) is 4.10. The number of unbranched alkanes of at least 4 members (excludes halogenated alkanes) is 1. The van der Waals surface area contributed by atoms with E-state index in [2.05, 4.69) is 21.1 Å². The molecule has 0 aliphatic rings. The highest BCUT2D eigenvalue weighted by Gasteiger charge is 2.03. The number of rotatable bonds is 11. The minimum atomic E-state index is -0.197. The minimum Gasteiger partial charge on any atom is -0.497 e. The molecule has 2 rings (SSSR count). The van der Waals surface area contributed by atoms with E-state index in [9.17, 15) is 9.59 Å². The summed E-state index contributed by atoms with van der Waals surface area (Å²) in [6, 6.07) is 14.6. The Morgan fingerprint density at radius 2 is 1.10 bits per heavy atom. The molecule has 0 unspecified atom stereocenters. The fourth-order valence-electron chi connectivity index (χ4n) is 2.42. The van der Waals surface area contributed by atoms with E-state index in [1.165, 1.54) is 0 Å². The molecule has 0 aromatic heterocycles. The molecule has 0 bridgehead atoms. The van der Waals surface area contributed by atoms with Crippen molar-refractivity contribution in [3.05, 3.63) is 59.7 Å². The molecule has 0 fully saturated rings. The van der Waals surface area contributed by atoms with E-state index in [1.807, 2.05) is 48.5 Å². The average Bonchev–Trinajstić information content (AvgIpc) is 2.77. The number of nitrogens with one attached hydrogen (secondary N) is 2. The van der Waals surface area contributed by atoms with Crippen molar-refractivity contribution in [1.29, 1.82) is 0 Å². The number of carbonyl (C=O) groups excluding carboxylic acids is 2. The van der Waals surface area contributed by atoms with E-state index in [0.29, 0.717) is 25.7 Å². The van der Waals surface area contributed by atoms with Gasteiger partial charge in [-0.05, 0) is 72.5 Å². The highest BCUT2D eigenvalue weighted by molar-refractivity contribution is 5.83. The van der Waals surface area contributed by atoms with Gasteiger partial charge in [-0.2, -0.15) is 10.2 Å². The van der Waals surface area contributed by atoms with Crippen molar-refractivity contribution in [2.45, 2.75) is 25.7 Å². The van der Waals surface area contributed by atoms with Crippen LogP contribution in [0.25, 0.3) is 0 Å². The van der Waals surface area contributed by atoms with Crippen molar-refractivity contribution in [3.8, 4) is 11.5 Å². The van der Waals surface area contributed by atoms with E-state index in [4.69, 9.17) is 9.47 Å². The number of carbonyl (C=O) groups is 2. The molecule has 158 valence electrons. The molecule has 0 radical (unpaired) electrons. The van der Waals surface area contributed by atoms with E-state index in [-0.39, 0.29) is 11.8 Å². The van der Waals surface area contributed by atoms with Crippen LogP contribution in [0.4, 0.5) is 0 Å². The molecule has 8 heteroatoms. The predicted molar refractivity (Wildman–Crippen MR) is 116 cm³/mol. The lowest BCUT2D eigenvalue weighted by Crippen LogP contribution is -2.19. The van der Waals surface area contributed by atoms with Gasteiger partial charge in [-0.15, -0.1) is 0 Å². The van der Waals surface area contributed by atoms with Crippen molar-refractivity contribution in [3.63, 3.8) is 0 Å². The summed E-state index contributed by atoms with van der Waals surface area (Å²) >= 11 is 0. The van der Waals surface area contributed by atoms with Gasteiger partial charge >= 0.3 is 0 Å². The van der Waals surface area contributed by atoms with Crippen molar-refractivity contribution < 1.29 is 19.1 Å². The largest absolute Gasteiger partial charge is 0.497 e. The molecule has 0 aliphatic carbocycles. The quantitative estimate of drug-likeness (QED) is 0.338. The van der Waals surface area contributed by atoms with Gasteiger partial charge in [0.25, 0.3) is 0 Å². The zero-order valence-corrected chi connectivity index (χ0v) is 17.1. The van der Waals surface area contributed by atoms with Crippen LogP contribution in [0.15, 0.2) is 58.7 Å². The minimum absolute atomic E-state index is 0.197. The second-order valence-corrected chi connectivity index (χ2v) is 6.34. The lowest BCUT2D eigenvalue weighted by atomic mass is 10.2. The number of hydrogen-bond donors (Lipinski definition) is 2. The first-order valence-corrected chi connectivity index (χ1v) is 9.52. The van der Waals surface area contributed by atoms with Gasteiger partial charge in [0.15, 0.2) is 0 Å². The molecule has 0 saturated heterocycles. The smallest absolute Gasteiger partial charge is 0.240 e. The van der Waals surface area contributed by atoms with Crippen LogP contribution in [0.2, 0.25) is 0 Å². The van der Waals surface area contributed by atoms with Gasteiger partial charge < -0.3 is 9.47 Å². The molecule has 2 aromatic carbocycles. The molecule has 2 amide bonds. The van der Waals surface area contributed by atoms with Gasteiger partial charge in [0.2, 0.25) is 11.8 Å². The number of hydrazone groups is 2. The number of hydrogen-bond acceptors (Lipinski definition) is 6. The van der Waals surface area contributed by atoms with Crippen molar-refractivity contribution in [2.24, 2.45) is 10.2 Å². The maximum Gasteiger partial charge on any atom is 0.240 e. The molecule has 0 spiro atoms. The number of nitrogens with zero attached hydrogens (tertiary/aromatic N) is 2. The third-order valence-corrected chi connectivity index (χ3v) is 4.10. The summed E-state index contributed by atoms with van der Waals surface area (Å²) in [5, 5.41) is 7.84. The Balaban J connectivity index is 1.58. The van der Waals surface area contributed by atoms with Crippen LogP contribution >= 0.6 is 0 Å². The topological polar surface area (TPSA) is 101 Å². The van der Waals surface area contributed by atoms with Crippen LogP contribution in [0.1, 0.15) is 36.8 Å². The summed E-state index contributed by atoms with van der Waals surface area (Å²) in [4.78, 5) is 23.6. The van der Waals surface area contributed by atoms with E-state index >= 15 is 0 Å². The SMILES string of the molecule is COc1ccc(/C=N\NC(=O)CCCCC(=O)N/N=C/c2ccc(OC)cc2)cc1. The lowest BCUT2D eigenvalue weighted by Gasteiger charge is -2.02. The van der Waals surface area contributed by atoms with Gasteiger partial charge in [0, 0.05) is 12.8 Å². The van der Waals surface area contributed by atoms with E-state index in [0.717, 1.165) is 22.6 Å². The summed E-state index contributed by atoms with van der Waals surface area (Å²) in [6.07, 6.45) is 4.88. The molecule has 0 aliphatic heterocycles. The molecule has 0 atom stereocenters. The van der Waals surface area contributed by atoms with Gasteiger partial charge in [-0.3, -0.25) is 9.59 Å². The monoisotopic (exact) mass is 410 g/mol. The Kier molecular flexibility index (Phi) is 9.58. The number of ether oxygens (including phenoxy) is 2. The normalized spacial score (nSPS) is 10.9. The number of amides is 2. The van der Waals surface area contributed by atoms with Gasteiger partial charge in [0.05, 0.1) is 26.6 Å². The number of benzene rings is 2. The fourth-order valence-corrected chi connectivity index (χ4v) is 2.42. The first kappa shape index (κ1) is 22.6. The van der Waals surface area contributed by atoms with Crippen LogP contribution in [0.5, 0.6) is 11.5 Å². The first-order valence-electron chi connectivity index (χ1n) is 9.52. The molecule has 30 heavy (non-hydrogen) atoms. The Hall–Kier alpha value is -3.68. The Bertz CT molecular complexity index is 788. The third kappa shape index (κ3) is 8.55. The summed E-state index contributed by atoms with van der Waals surface area (Å²) in [7, 11) is 3.20. The fraction of sp³-hybridized carbons (Fsp3) is 0.273.